The number of fused-ring (bicyclic) bond motifs is 1. The number of aromatic nitrogens is 1. The van der Waals surface area contributed by atoms with Crippen LogP contribution in [0.5, 0.6) is 0 Å². The van der Waals surface area contributed by atoms with E-state index in [0.717, 1.165) is 20.1 Å². The monoisotopic (exact) mass is 375 g/mol. The number of para-hydroxylation sites is 1. The summed E-state index contributed by atoms with van der Waals surface area (Å²) in [5, 5.41) is 4.72. The van der Waals surface area contributed by atoms with Crippen LogP contribution in [0, 0.1) is 0 Å². The fraction of sp³-hybridized carbons (Fsp3) is 0.118. The van der Waals surface area contributed by atoms with Crippen molar-refractivity contribution >= 4 is 56.5 Å². The van der Waals surface area contributed by atoms with Gasteiger partial charge in [0.15, 0.2) is 4.34 Å². The maximum Gasteiger partial charge on any atom is 0.250 e. The van der Waals surface area contributed by atoms with Crippen LogP contribution in [0.25, 0.3) is 10.2 Å². The largest absolute Gasteiger partial charge is 0.272 e. The summed E-state index contributed by atoms with van der Waals surface area (Å²) in [5.41, 5.74) is 4.98. The SMILES string of the molecule is C/C(=N/NC(=O)CSc1nc2ccccc2s1)c1ccccc1Cl. The van der Waals surface area contributed by atoms with Gasteiger partial charge in [0, 0.05) is 10.6 Å². The van der Waals surface area contributed by atoms with E-state index in [1.54, 1.807) is 17.4 Å². The molecule has 0 saturated carbocycles. The number of amides is 1. The maximum atomic E-state index is 12.0. The smallest absolute Gasteiger partial charge is 0.250 e. The number of hydrogen-bond acceptors (Lipinski definition) is 5. The van der Waals surface area contributed by atoms with Crippen molar-refractivity contribution in [1.82, 2.24) is 10.4 Å². The van der Waals surface area contributed by atoms with Gasteiger partial charge in [-0.05, 0) is 25.1 Å². The van der Waals surface area contributed by atoms with Gasteiger partial charge in [0.1, 0.15) is 0 Å². The van der Waals surface area contributed by atoms with Crippen LogP contribution in [0.4, 0.5) is 0 Å². The number of rotatable bonds is 5. The Morgan fingerprint density at radius 2 is 2.00 bits per heavy atom. The lowest BCUT2D eigenvalue weighted by Crippen LogP contribution is -2.21. The van der Waals surface area contributed by atoms with E-state index in [4.69, 9.17) is 11.6 Å². The van der Waals surface area contributed by atoms with Crippen LogP contribution in [0.1, 0.15) is 12.5 Å². The van der Waals surface area contributed by atoms with Crippen LogP contribution in [-0.4, -0.2) is 22.4 Å². The van der Waals surface area contributed by atoms with Crippen molar-refractivity contribution in [2.24, 2.45) is 5.10 Å². The summed E-state index contributed by atoms with van der Waals surface area (Å²) in [7, 11) is 0. The van der Waals surface area contributed by atoms with Gasteiger partial charge in [0.2, 0.25) is 0 Å². The minimum Gasteiger partial charge on any atom is -0.272 e. The lowest BCUT2D eigenvalue weighted by atomic mass is 10.1. The molecule has 1 aromatic heterocycles. The molecular formula is C17H14ClN3OS2. The Hall–Kier alpha value is -1.89. The van der Waals surface area contributed by atoms with Gasteiger partial charge in [-0.2, -0.15) is 5.10 Å². The van der Waals surface area contributed by atoms with E-state index in [1.807, 2.05) is 49.4 Å². The summed E-state index contributed by atoms with van der Waals surface area (Å²) in [6.07, 6.45) is 0. The Morgan fingerprint density at radius 3 is 2.79 bits per heavy atom. The van der Waals surface area contributed by atoms with Gasteiger partial charge >= 0.3 is 0 Å². The number of nitrogens with one attached hydrogen (secondary N) is 1. The molecule has 0 aliphatic heterocycles. The van der Waals surface area contributed by atoms with E-state index in [0.29, 0.717) is 10.7 Å². The summed E-state index contributed by atoms with van der Waals surface area (Å²) < 4.78 is 1.99. The highest BCUT2D eigenvalue weighted by molar-refractivity contribution is 8.01. The number of thiazole rings is 1. The molecule has 7 heteroatoms. The Labute approximate surface area is 152 Å². The molecule has 0 fully saturated rings. The molecule has 0 aliphatic carbocycles. The first-order chi connectivity index (χ1) is 11.6. The van der Waals surface area contributed by atoms with Crippen LogP contribution in [0.15, 0.2) is 58.0 Å². The fourth-order valence-electron chi connectivity index (χ4n) is 2.03. The van der Waals surface area contributed by atoms with E-state index in [-0.39, 0.29) is 11.7 Å². The zero-order valence-electron chi connectivity index (χ0n) is 12.8. The number of hydrazone groups is 1. The van der Waals surface area contributed by atoms with Crippen molar-refractivity contribution in [3.8, 4) is 0 Å². The van der Waals surface area contributed by atoms with Crippen LogP contribution in [-0.2, 0) is 4.79 Å². The lowest BCUT2D eigenvalue weighted by molar-refractivity contribution is -0.118. The fourth-order valence-corrected chi connectivity index (χ4v) is 4.17. The van der Waals surface area contributed by atoms with E-state index in [2.05, 4.69) is 15.5 Å². The zero-order chi connectivity index (χ0) is 16.9. The quantitative estimate of drug-likeness (QED) is 0.403. The molecule has 24 heavy (non-hydrogen) atoms. The number of halogens is 1. The predicted molar refractivity (Wildman–Crippen MR) is 102 cm³/mol. The number of hydrogen-bond donors (Lipinski definition) is 1. The van der Waals surface area contributed by atoms with Gasteiger partial charge in [0.05, 0.1) is 21.7 Å². The minimum absolute atomic E-state index is 0.175. The summed E-state index contributed by atoms with van der Waals surface area (Å²) in [4.78, 5) is 16.4. The predicted octanol–water partition coefficient (Wildman–Crippen LogP) is 4.58. The first kappa shape index (κ1) is 17.0. The molecule has 0 saturated heterocycles. The molecule has 0 radical (unpaired) electrons. The third-order valence-electron chi connectivity index (χ3n) is 3.21. The van der Waals surface area contributed by atoms with Crippen molar-refractivity contribution in [3.63, 3.8) is 0 Å². The Morgan fingerprint density at radius 1 is 1.25 bits per heavy atom. The normalized spacial score (nSPS) is 11.7. The van der Waals surface area contributed by atoms with Gasteiger partial charge in [0.25, 0.3) is 5.91 Å². The van der Waals surface area contributed by atoms with Crippen LogP contribution in [0.3, 0.4) is 0 Å². The molecule has 0 spiro atoms. The summed E-state index contributed by atoms with van der Waals surface area (Å²) >= 11 is 9.10. The van der Waals surface area contributed by atoms with Crippen molar-refractivity contribution in [1.29, 1.82) is 0 Å². The molecule has 0 bridgehead atoms. The molecule has 3 rings (SSSR count). The number of carbonyl (C=O) groups excluding carboxylic acids is 1. The topological polar surface area (TPSA) is 54.4 Å². The third-order valence-corrected chi connectivity index (χ3v) is 5.72. The Bertz CT molecular complexity index is 874. The highest BCUT2D eigenvalue weighted by atomic mass is 35.5. The van der Waals surface area contributed by atoms with Crippen LogP contribution in [0.2, 0.25) is 5.02 Å². The van der Waals surface area contributed by atoms with Gasteiger partial charge in [-0.25, -0.2) is 10.4 Å². The summed E-state index contributed by atoms with van der Waals surface area (Å²) in [6.45, 7) is 1.81. The van der Waals surface area contributed by atoms with Crippen LogP contribution < -0.4 is 5.43 Å². The van der Waals surface area contributed by atoms with E-state index >= 15 is 0 Å². The van der Waals surface area contributed by atoms with E-state index < -0.39 is 0 Å². The second-order valence-corrected chi connectivity index (χ2v) is 7.61. The first-order valence-electron chi connectivity index (χ1n) is 7.20. The molecule has 122 valence electrons. The number of thioether (sulfide) groups is 1. The molecule has 1 heterocycles. The van der Waals surface area contributed by atoms with Gasteiger partial charge in [-0.15, -0.1) is 11.3 Å². The first-order valence-corrected chi connectivity index (χ1v) is 9.38. The van der Waals surface area contributed by atoms with Crippen molar-refractivity contribution in [2.75, 3.05) is 5.75 Å². The van der Waals surface area contributed by atoms with Gasteiger partial charge in [-0.3, -0.25) is 4.79 Å². The molecule has 2 aromatic carbocycles. The third kappa shape index (κ3) is 4.14. The molecule has 4 nitrogen and oxygen atoms in total. The average molecular weight is 376 g/mol. The maximum absolute atomic E-state index is 12.0. The second kappa shape index (κ2) is 7.79. The minimum atomic E-state index is -0.175. The number of nitrogens with zero attached hydrogens (tertiary/aromatic N) is 2. The highest BCUT2D eigenvalue weighted by Gasteiger charge is 2.08. The molecule has 3 aromatic rings. The molecule has 0 unspecified atom stereocenters. The van der Waals surface area contributed by atoms with E-state index in [1.165, 1.54) is 11.8 Å². The molecule has 0 atom stereocenters. The van der Waals surface area contributed by atoms with Crippen LogP contribution >= 0.6 is 34.7 Å². The Kier molecular flexibility index (Phi) is 5.50. The summed E-state index contributed by atoms with van der Waals surface area (Å²) in [5.74, 6) is 0.0877. The highest BCUT2D eigenvalue weighted by Crippen LogP contribution is 2.29. The lowest BCUT2D eigenvalue weighted by Gasteiger charge is -2.04. The molecule has 1 N–H and O–H groups in total. The standard InChI is InChI=1S/C17H14ClN3OS2/c1-11(12-6-2-3-7-13(12)18)20-21-16(22)10-23-17-19-14-8-4-5-9-15(14)24-17/h2-9H,10H2,1H3,(H,21,22)/b20-11-. The van der Waals surface area contributed by atoms with E-state index in [9.17, 15) is 4.79 Å². The Balaban J connectivity index is 1.57. The summed E-state index contributed by atoms with van der Waals surface area (Å²) in [6, 6.07) is 15.3. The van der Waals surface area contributed by atoms with Gasteiger partial charge < -0.3 is 0 Å². The number of benzene rings is 2. The molecule has 1 amide bonds. The second-order valence-electron chi connectivity index (χ2n) is 4.95. The van der Waals surface area contributed by atoms with Crippen molar-refractivity contribution in [2.45, 2.75) is 11.3 Å². The molecule has 0 aliphatic rings. The average Bonchev–Trinajstić information content (AvgIpc) is 3.01. The van der Waals surface area contributed by atoms with Gasteiger partial charge in [-0.1, -0.05) is 53.7 Å². The zero-order valence-corrected chi connectivity index (χ0v) is 15.2. The number of carbonyl (C=O) groups is 1. The molecular weight excluding hydrogens is 362 g/mol. The van der Waals surface area contributed by atoms with Crippen molar-refractivity contribution in [3.05, 3.63) is 59.1 Å². The van der Waals surface area contributed by atoms with Crippen molar-refractivity contribution < 1.29 is 4.79 Å².